The van der Waals surface area contributed by atoms with Crippen LogP contribution in [0.5, 0.6) is 23.0 Å². The summed E-state index contributed by atoms with van der Waals surface area (Å²) in [4.78, 5) is 18.3. The molecule has 57 heavy (non-hydrogen) atoms. The standard InChI is InChI=1S/C48H39N5O4/c1-54-32-13-5-28(6-14-32)44-37-21-22-38(50-37)45(29-7-15-33(55-2)16-8-29)40-25-26-42(52-40)47(31-11-19-35(57-4)20-12-31)48-36(49)27-43(53-48)46(41-24-23-39(44)51-41)30-9-17-34(56-3)18-10-30/h5-27,51,53H,49H2,1-4H3. The molecule has 0 spiro atoms. The number of nitrogens with two attached hydrogens (primary N) is 1. The van der Waals surface area contributed by atoms with E-state index in [2.05, 4.69) is 58.5 Å². The van der Waals surface area contributed by atoms with Crippen molar-refractivity contribution in [1.29, 1.82) is 0 Å². The molecule has 280 valence electrons. The van der Waals surface area contributed by atoms with Crippen LogP contribution in [0.4, 0.5) is 5.69 Å². The Morgan fingerprint density at radius 2 is 0.737 bits per heavy atom. The summed E-state index contributed by atoms with van der Waals surface area (Å²) in [5.74, 6) is 3.04. The molecule has 0 unspecified atom stereocenters. The lowest BCUT2D eigenvalue weighted by Gasteiger charge is -2.08. The predicted octanol–water partition coefficient (Wildman–Crippen LogP) is 10.9. The highest BCUT2D eigenvalue weighted by molar-refractivity contribution is 6.03. The summed E-state index contributed by atoms with van der Waals surface area (Å²) >= 11 is 0. The number of nitrogen functional groups attached to an aromatic ring is 1. The molecule has 5 heterocycles. The van der Waals surface area contributed by atoms with E-state index in [1.165, 1.54) is 0 Å². The van der Waals surface area contributed by atoms with Gasteiger partial charge in [-0.1, -0.05) is 48.5 Å². The molecule has 0 atom stereocenters. The maximum absolute atomic E-state index is 7.03. The molecular formula is C48H39N5O4. The molecule has 0 amide bonds. The molecule has 4 N–H and O–H groups in total. The fourth-order valence-electron chi connectivity index (χ4n) is 7.56. The Kier molecular flexibility index (Phi) is 9.02. The number of aromatic amines is 2. The van der Waals surface area contributed by atoms with Crippen LogP contribution in [0, 0.1) is 0 Å². The van der Waals surface area contributed by atoms with Crippen LogP contribution in [0.25, 0.3) is 90.9 Å². The third-order valence-corrected chi connectivity index (χ3v) is 10.4. The molecule has 0 radical (unpaired) electrons. The van der Waals surface area contributed by atoms with Crippen LogP contribution in [-0.4, -0.2) is 48.4 Å². The van der Waals surface area contributed by atoms with Gasteiger partial charge in [0.1, 0.15) is 23.0 Å². The number of methoxy groups -OCH3 is 4. The number of aromatic nitrogens is 4. The largest absolute Gasteiger partial charge is 0.497 e. The average Bonchev–Trinajstić information content (AvgIpc) is 4.09. The Balaban J connectivity index is 1.46. The van der Waals surface area contributed by atoms with Gasteiger partial charge in [-0.3, -0.25) is 0 Å². The summed E-state index contributed by atoms with van der Waals surface area (Å²) < 4.78 is 22.1. The van der Waals surface area contributed by atoms with E-state index in [4.69, 9.17) is 34.6 Å². The van der Waals surface area contributed by atoms with E-state index in [1.807, 2.05) is 91.0 Å². The van der Waals surface area contributed by atoms with Crippen LogP contribution < -0.4 is 24.7 Å². The molecule has 7 aromatic rings. The lowest BCUT2D eigenvalue weighted by molar-refractivity contribution is 0.415. The average molecular weight is 750 g/mol. The van der Waals surface area contributed by atoms with Gasteiger partial charge < -0.3 is 34.6 Å². The van der Waals surface area contributed by atoms with Crippen LogP contribution >= 0.6 is 0 Å². The monoisotopic (exact) mass is 749 g/mol. The Bertz CT molecular complexity index is 2870. The van der Waals surface area contributed by atoms with Crippen molar-refractivity contribution < 1.29 is 18.9 Å². The first-order chi connectivity index (χ1) is 27.9. The van der Waals surface area contributed by atoms with E-state index in [1.54, 1.807) is 28.4 Å². The number of fused-ring (bicyclic) bond motifs is 8. The number of hydrogen-bond donors (Lipinski definition) is 3. The molecule has 0 saturated carbocycles. The highest BCUT2D eigenvalue weighted by atomic mass is 16.5. The van der Waals surface area contributed by atoms with Gasteiger partial charge >= 0.3 is 0 Å². The van der Waals surface area contributed by atoms with Gasteiger partial charge in [0, 0.05) is 33.3 Å². The lowest BCUT2D eigenvalue weighted by atomic mass is 10.0. The van der Waals surface area contributed by atoms with Gasteiger partial charge in [-0.15, -0.1) is 0 Å². The van der Waals surface area contributed by atoms with Crippen molar-refractivity contribution in [1.82, 2.24) is 19.9 Å². The predicted molar refractivity (Wildman–Crippen MR) is 231 cm³/mol. The molecule has 8 bridgehead atoms. The third kappa shape index (κ3) is 6.44. The van der Waals surface area contributed by atoms with Gasteiger partial charge in [0.15, 0.2) is 0 Å². The van der Waals surface area contributed by atoms with Crippen LogP contribution in [0.2, 0.25) is 0 Å². The number of hydrogen-bond acceptors (Lipinski definition) is 7. The number of ether oxygens (including phenoxy) is 4. The number of nitrogens with zero attached hydrogens (tertiary/aromatic N) is 2. The number of H-pyrrole nitrogens is 2. The first-order valence-corrected chi connectivity index (χ1v) is 18.5. The maximum Gasteiger partial charge on any atom is 0.118 e. The Morgan fingerprint density at radius 3 is 1.18 bits per heavy atom. The number of anilines is 1. The van der Waals surface area contributed by atoms with Gasteiger partial charge in [0.2, 0.25) is 0 Å². The van der Waals surface area contributed by atoms with Gasteiger partial charge in [0.25, 0.3) is 0 Å². The maximum atomic E-state index is 7.03. The smallest absolute Gasteiger partial charge is 0.118 e. The summed E-state index contributed by atoms with van der Waals surface area (Å²) in [6.07, 6.45) is 8.22. The highest BCUT2D eigenvalue weighted by Gasteiger charge is 2.21. The first-order valence-electron chi connectivity index (χ1n) is 18.5. The fourth-order valence-corrected chi connectivity index (χ4v) is 7.56. The SMILES string of the molecule is COc1ccc(-c2c3nc(c(-c4ccc(OC)cc4)c4ccc([nH]4)c(-c4ccc(OC)cc4)c4cc(N)c([nH]4)c(-c4ccc(OC)cc4)c4nc2C=C4)C=C3)cc1. The van der Waals surface area contributed by atoms with Crippen LogP contribution in [0.3, 0.4) is 0 Å². The molecule has 0 fully saturated rings. The number of rotatable bonds is 8. The molecule has 0 saturated heterocycles. The molecule has 2 aliphatic rings. The van der Waals surface area contributed by atoms with Crippen LogP contribution in [0.15, 0.2) is 115 Å². The van der Waals surface area contributed by atoms with E-state index in [0.29, 0.717) is 5.69 Å². The summed E-state index contributed by atoms with van der Waals surface area (Å²) in [5, 5.41) is 0. The fraction of sp³-hybridized carbons (Fsp3) is 0.0833. The normalized spacial score (nSPS) is 11.8. The van der Waals surface area contributed by atoms with Crippen LogP contribution in [-0.2, 0) is 0 Å². The molecule has 9 heteroatoms. The lowest BCUT2D eigenvalue weighted by Crippen LogP contribution is -1.92. The van der Waals surface area contributed by atoms with Crippen LogP contribution in [0.1, 0.15) is 22.8 Å². The van der Waals surface area contributed by atoms with Gasteiger partial charge in [-0.25, -0.2) is 9.97 Å². The molecule has 3 aromatic heterocycles. The number of nitrogens with one attached hydrogen (secondary N) is 2. The summed E-state index contributed by atoms with van der Waals surface area (Å²) in [7, 11) is 6.66. The second-order valence-electron chi connectivity index (χ2n) is 13.6. The summed E-state index contributed by atoms with van der Waals surface area (Å²) in [6, 6.07) is 38.2. The second kappa shape index (κ2) is 14.6. The highest BCUT2D eigenvalue weighted by Crippen LogP contribution is 2.40. The van der Waals surface area contributed by atoms with Crippen molar-refractivity contribution in [2.24, 2.45) is 0 Å². The van der Waals surface area contributed by atoms with Crippen molar-refractivity contribution in [3.8, 4) is 67.5 Å². The van der Waals surface area contributed by atoms with E-state index >= 15 is 0 Å². The number of benzene rings is 4. The minimum atomic E-state index is 0.578. The van der Waals surface area contributed by atoms with Gasteiger partial charge in [-0.05, 0) is 113 Å². The third-order valence-electron chi connectivity index (χ3n) is 10.4. The van der Waals surface area contributed by atoms with Crippen molar-refractivity contribution >= 4 is 52.1 Å². The topological polar surface area (TPSA) is 120 Å². The first kappa shape index (κ1) is 35.2. The molecule has 9 rings (SSSR count). The van der Waals surface area contributed by atoms with E-state index < -0.39 is 0 Å². The Morgan fingerprint density at radius 1 is 0.386 bits per heavy atom. The van der Waals surface area contributed by atoms with Gasteiger partial charge in [0.05, 0.1) is 67.9 Å². The second-order valence-corrected chi connectivity index (χ2v) is 13.6. The molecule has 4 aromatic carbocycles. The zero-order valence-electron chi connectivity index (χ0n) is 31.9. The van der Waals surface area contributed by atoms with Crippen molar-refractivity contribution in [3.05, 3.63) is 138 Å². The molecule has 0 aliphatic carbocycles. The molecular weight excluding hydrogens is 711 g/mol. The van der Waals surface area contributed by atoms with E-state index in [0.717, 1.165) is 112 Å². The van der Waals surface area contributed by atoms with E-state index in [-0.39, 0.29) is 0 Å². The van der Waals surface area contributed by atoms with Crippen molar-refractivity contribution in [2.75, 3.05) is 34.2 Å². The van der Waals surface area contributed by atoms with Gasteiger partial charge in [-0.2, -0.15) is 0 Å². The minimum absolute atomic E-state index is 0.578. The van der Waals surface area contributed by atoms with Crippen molar-refractivity contribution in [3.63, 3.8) is 0 Å². The Labute approximate surface area is 329 Å². The zero-order chi connectivity index (χ0) is 39.0. The summed E-state index contributed by atoms with van der Waals surface area (Å²) in [5.41, 5.74) is 21.5. The zero-order valence-corrected chi connectivity index (χ0v) is 31.9. The van der Waals surface area contributed by atoms with Crippen molar-refractivity contribution in [2.45, 2.75) is 0 Å². The molecule has 9 nitrogen and oxygen atoms in total. The quantitative estimate of drug-likeness (QED) is 0.141. The summed E-state index contributed by atoms with van der Waals surface area (Å²) in [6.45, 7) is 0. The minimum Gasteiger partial charge on any atom is -0.497 e. The Hall–Kier alpha value is -7.52. The van der Waals surface area contributed by atoms with E-state index in [9.17, 15) is 0 Å². The molecule has 2 aliphatic heterocycles.